The van der Waals surface area contributed by atoms with Gasteiger partial charge in [-0.3, -0.25) is 9.48 Å². The molecule has 0 radical (unpaired) electrons. The van der Waals surface area contributed by atoms with Crippen molar-refractivity contribution < 1.29 is 9.53 Å². The molecule has 0 saturated heterocycles. The Bertz CT molecular complexity index is 469. The number of methoxy groups -OCH3 is 1. The van der Waals surface area contributed by atoms with Gasteiger partial charge in [-0.15, -0.1) is 0 Å². The summed E-state index contributed by atoms with van der Waals surface area (Å²) in [5, 5.41) is 4.61. The lowest BCUT2D eigenvalue weighted by Gasteiger charge is -2.25. The molecular weight excluding hydrogens is 252 g/mol. The smallest absolute Gasteiger partial charge is 0.170 e. The van der Waals surface area contributed by atoms with Crippen molar-refractivity contribution in [2.24, 2.45) is 0 Å². The van der Waals surface area contributed by atoms with Crippen LogP contribution in [0.15, 0.2) is 12.3 Å². The summed E-state index contributed by atoms with van der Waals surface area (Å²) in [6.45, 7) is 0. The van der Waals surface area contributed by atoms with Gasteiger partial charge in [-0.25, -0.2) is 0 Å². The Balaban J connectivity index is 1.66. The van der Waals surface area contributed by atoms with E-state index in [-0.39, 0.29) is 5.78 Å². The van der Waals surface area contributed by atoms with E-state index < -0.39 is 5.60 Å². The number of carbonyl (C=O) groups is 1. The molecule has 1 aromatic heterocycles. The molecule has 0 aromatic carbocycles. The number of aromatic nitrogens is 2. The Labute approximate surface area is 120 Å². The summed E-state index contributed by atoms with van der Waals surface area (Å²) < 4.78 is 7.61. The summed E-state index contributed by atoms with van der Waals surface area (Å²) >= 11 is 0. The van der Waals surface area contributed by atoms with Gasteiger partial charge < -0.3 is 4.74 Å². The summed E-state index contributed by atoms with van der Waals surface area (Å²) in [6.07, 6.45) is 11.4. The van der Waals surface area contributed by atoms with E-state index in [0.29, 0.717) is 12.5 Å². The largest absolute Gasteiger partial charge is 0.370 e. The lowest BCUT2D eigenvalue weighted by atomic mass is 9.93. The monoisotopic (exact) mass is 276 g/mol. The molecule has 3 rings (SSSR count). The highest BCUT2D eigenvalue weighted by molar-refractivity contribution is 5.89. The lowest BCUT2D eigenvalue weighted by molar-refractivity contribution is -0.139. The molecule has 0 bridgehead atoms. The van der Waals surface area contributed by atoms with Crippen LogP contribution in [0.3, 0.4) is 0 Å². The van der Waals surface area contributed by atoms with Crippen molar-refractivity contribution >= 4 is 5.78 Å². The zero-order valence-electron chi connectivity index (χ0n) is 12.3. The first-order chi connectivity index (χ1) is 9.73. The molecule has 0 atom stereocenters. The van der Waals surface area contributed by atoms with E-state index in [4.69, 9.17) is 4.74 Å². The van der Waals surface area contributed by atoms with Crippen molar-refractivity contribution in [1.82, 2.24) is 9.78 Å². The molecule has 2 aliphatic rings. The maximum absolute atomic E-state index is 12.5. The van der Waals surface area contributed by atoms with Crippen molar-refractivity contribution in [2.75, 3.05) is 7.11 Å². The van der Waals surface area contributed by atoms with Crippen molar-refractivity contribution in [1.29, 1.82) is 0 Å². The van der Waals surface area contributed by atoms with Crippen molar-refractivity contribution in [3.63, 3.8) is 0 Å². The minimum Gasteiger partial charge on any atom is -0.370 e. The molecule has 20 heavy (non-hydrogen) atoms. The first kappa shape index (κ1) is 13.8. The van der Waals surface area contributed by atoms with Gasteiger partial charge in [0.15, 0.2) is 5.78 Å². The number of hydrogen-bond donors (Lipinski definition) is 0. The third kappa shape index (κ3) is 2.53. The summed E-state index contributed by atoms with van der Waals surface area (Å²) in [5.41, 5.74) is 0.363. The van der Waals surface area contributed by atoms with Crippen LogP contribution < -0.4 is 0 Å². The molecule has 1 aromatic rings. The van der Waals surface area contributed by atoms with E-state index in [1.165, 1.54) is 25.7 Å². The third-order valence-electron chi connectivity index (χ3n) is 5.01. The number of carbonyl (C=O) groups excluding carboxylic acids is 1. The van der Waals surface area contributed by atoms with Crippen LogP contribution in [0, 0.1) is 0 Å². The molecule has 4 heteroatoms. The summed E-state index contributed by atoms with van der Waals surface area (Å²) in [4.78, 5) is 12.5. The summed E-state index contributed by atoms with van der Waals surface area (Å²) in [7, 11) is 1.67. The van der Waals surface area contributed by atoms with Gasteiger partial charge in [-0.05, 0) is 44.6 Å². The molecule has 2 fully saturated rings. The van der Waals surface area contributed by atoms with E-state index in [2.05, 4.69) is 9.78 Å². The summed E-state index contributed by atoms with van der Waals surface area (Å²) in [6, 6.07) is 2.54. The van der Waals surface area contributed by atoms with Crippen LogP contribution in [0.5, 0.6) is 0 Å². The second kappa shape index (κ2) is 5.68. The van der Waals surface area contributed by atoms with E-state index >= 15 is 0 Å². The van der Waals surface area contributed by atoms with Crippen LogP contribution in [-0.2, 0) is 16.0 Å². The molecule has 1 heterocycles. The van der Waals surface area contributed by atoms with Crippen LogP contribution in [0.1, 0.15) is 63.1 Å². The van der Waals surface area contributed by atoms with Crippen molar-refractivity contribution in [2.45, 2.75) is 69.4 Å². The van der Waals surface area contributed by atoms with E-state index in [1.807, 2.05) is 12.3 Å². The Morgan fingerprint density at radius 2 is 2.05 bits per heavy atom. The molecule has 0 N–H and O–H groups in total. The molecule has 4 nitrogen and oxygen atoms in total. The van der Waals surface area contributed by atoms with E-state index in [9.17, 15) is 4.79 Å². The SMILES string of the molecule is COC1(C(=O)Cc2ccn(C3CCCC3)n2)CCCC1. The molecule has 0 spiro atoms. The second-order valence-corrected chi connectivity index (χ2v) is 6.23. The average molecular weight is 276 g/mol. The van der Waals surface area contributed by atoms with Gasteiger partial charge in [0, 0.05) is 13.3 Å². The highest BCUT2D eigenvalue weighted by atomic mass is 16.5. The predicted octanol–water partition coefficient (Wildman–Crippen LogP) is 3.07. The zero-order valence-corrected chi connectivity index (χ0v) is 12.3. The first-order valence-corrected chi connectivity index (χ1v) is 7.86. The normalized spacial score (nSPS) is 22.4. The number of Topliss-reactive ketones (excluding diaryl/α,β-unsaturated/α-hetero) is 1. The molecule has 0 unspecified atom stereocenters. The average Bonchev–Trinajstić information content (AvgIpc) is 3.20. The van der Waals surface area contributed by atoms with Crippen LogP contribution in [-0.4, -0.2) is 28.3 Å². The lowest BCUT2D eigenvalue weighted by Crippen LogP contribution is -2.39. The fourth-order valence-corrected chi connectivity index (χ4v) is 3.71. The van der Waals surface area contributed by atoms with E-state index in [1.54, 1.807) is 7.11 Å². The maximum atomic E-state index is 12.5. The van der Waals surface area contributed by atoms with Gasteiger partial charge in [0.2, 0.25) is 0 Å². The third-order valence-corrected chi connectivity index (χ3v) is 5.01. The zero-order chi connectivity index (χ0) is 14.0. The number of rotatable bonds is 5. The Hall–Kier alpha value is -1.16. The predicted molar refractivity (Wildman–Crippen MR) is 76.7 cm³/mol. The van der Waals surface area contributed by atoms with Gasteiger partial charge in [0.05, 0.1) is 18.2 Å². The number of hydrogen-bond acceptors (Lipinski definition) is 3. The minimum absolute atomic E-state index is 0.203. The Morgan fingerprint density at radius 3 is 2.70 bits per heavy atom. The summed E-state index contributed by atoms with van der Waals surface area (Å²) in [5.74, 6) is 0.203. The molecule has 110 valence electrons. The van der Waals surface area contributed by atoms with Crippen LogP contribution in [0.2, 0.25) is 0 Å². The molecule has 2 aliphatic carbocycles. The maximum Gasteiger partial charge on any atom is 0.170 e. The molecule has 0 amide bonds. The Kier molecular flexibility index (Phi) is 3.92. The van der Waals surface area contributed by atoms with Gasteiger partial charge in [-0.2, -0.15) is 5.10 Å². The number of nitrogens with zero attached hydrogens (tertiary/aromatic N) is 2. The molecule has 2 saturated carbocycles. The van der Waals surface area contributed by atoms with Gasteiger partial charge >= 0.3 is 0 Å². The Morgan fingerprint density at radius 1 is 1.35 bits per heavy atom. The van der Waals surface area contributed by atoms with Gasteiger partial charge in [-0.1, -0.05) is 12.8 Å². The van der Waals surface area contributed by atoms with Crippen molar-refractivity contribution in [3.8, 4) is 0 Å². The topological polar surface area (TPSA) is 44.1 Å². The fourth-order valence-electron chi connectivity index (χ4n) is 3.71. The van der Waals surface area contributed by atoms with Gasteiger partial charge in [0.25, 0.3) is 0 Å². The van der Waals surface area contributed by atoms with Crippen molar-refractivity contribution in [3.05, 3.63) is 18.0 Å². The first-order valence-electron chi connectivity index (χ1n) is 7.86. The number of ether oxygens (including phenoxy) is 1. The quantitative estimate of drug-likeness (QED) is 0.830. The molecular formula is C16H24N2O2. The highest BCUT2D eigenvalue weighted by Crippen LogP contribution is 2.34. The molecule has 0 aliphatic heterocycles. The minimum atomic E-state index is -0.531. The standard InChI is InChI=1S/C16H24N2O2/c1-20-16(9-4-5-10-16)15(19)12-13-8-11-18(17-13)14-6-2-3-7-14/h8,11,14H,2-7,9-10,12H2,1H3. The second-order valence-electron chi connectivity index (χ2n) is 6.23. The fraction of sp³-hybridized carbons (Fsp3) is 0.750. The van der Waals surface area contributed by atoms with Gasteiger partial charge in [0.1, 0.15) is 5.60 Å². The number of ketones is 1. The van der Waals surface area contributed by atoms with E-state index in [0.717, 1.165) is 31.4 Å². The van der Waals surface area contributed by atoms with Crippen LogP contribution in [0.4, 0.5) is 0 Å². The highest BCUT2D eigenvalue weighted by Gasteiger charge is 2.40. The van der Waals surface area contributed by atoms with Crippen LogP contribution in [0.25, 0.3) is 0 Å². The van der Waals surface area contributed by atoms with Crippen LogP contribution >= 0.6 is 0 Å².